The standard InChI is InChI=1S/C10H22N2O3S/c1-9(2)7-12-16(13,14)11-5-6-15-8-10(3)4/h9,11-12H,3,5-8H2,1-2,4H3. The molecule has 0 aromatic heterocycles. The fraction of sp³-hybridized carbons (Fsp3) is 0.800. The highest BCUT2D eigenvalue weighted by molar-refractivity contribution is 7.87. The molecule has 0 saturated heterocycles. The molecule has 0 saturated carbocycles. The summed E-state index contributed by atoms with van der Waals surface area (Å²) in [6.45, 7) is 10.9. The second kappa shape index (κ2) is 7.78. The van der Waals surface area contributed by atoms with Crippen LogP contribution in [0.3, 0.4) is 0 Å². The molecule has 0 bridgehead atoms. The molecule has 0 unspecified atom stereocenters. The van der Waals surface area contributed by atoms with Gasteiger partial charge in [0.05, 0.1) is 13.2 Å². The highest BCUT2D eigenvalue weighted by Gasteiger charge is 2.08. The lowest BCUT2D eigenvalue weighted by Gasteiger charge is -2.10. The molecule has 6 heteroatoms. The van der Waals surface area contributed by atoms with Gasteiger partial charge >= 0.3 is 0 Å². The maximum atomic E-state index is 11.3. The molecule has 0 aliphatic carbocycles. The Bertz CT molecular complexity index is 299. The molecule has 0 radical (unpaired) electrons. The maximum absolute atomic E-state index is 11.3. The van der Waals surface area contributed by atoms with E-state index in [1.165, 1.54) is 0 Å². The first kappa shape index (κ1) is 15.6. The maximum Gasteiger partial charge on any atom is 0.276 e. The minimum atomic E-state index is -3.38. The molecule has 0 amide bonds. The minimum Gasteiger partial charge on any atom is -0.376 e. The van der Waals surface area contributed by atoms with Crippen molar-refractivity contribution in [3.8, 4) is 0 Å². The van der Waals surface area contributed by atoms with E-state index in [1.54, 1.807) is 0 Å². The fourth-order valence-corrected chi connectivity index (χ4v) is 1.83. The average molecular weight is 250 g/mol. The predicted molar refractivity (Wildman–Crippen MR) is 65.4 cm³/mol. The summed E-state index contributed by atoms with van der Waals surface area (Å²) in [5.74, 6) is 0.288. The lowest BCUT2D eigenvalue weighted by molar-refractivity contribution is 0.162. The normalized spacial score (nSPS) is 12.0. The largest absolute Gasteiger partial charge is 0.376 e. The topological polar surface area (TPSA) is 67.4 Å². The summed E-state index contributed by atoms with van der Waals surface area (Å²) in [5, 5.41) is 0. The van der Waals surface area contributed by atoms with E-state index in [1.807, 2.05) is 20.8 Å². The predicted octanol–water partition coefficient (Wildman–Crippen LogP) is 0.659. The molecule has 96 valence electrons. The van der Waals surface area contributed by atoms with Crippen LogP contribution in [0.1, 0.15) is 20.8 Å². The van der Waals surface area contributed by atoms with Crippen molar-refractivity contribution >= 4 is 10.2 Å². The van der Waals surface area contributed by atoms with Crippen molar-refractivity contribution in [1.29, 1.82) is 0 Å². The molecule has 0 fully saturated rings. The third-order valence-corrected chi connectivity index (χ3v) is 2.70. The molecule has 0 heterocycles. The third kappa shape index (κ3) is 10.1. The van der Waals surface area contributed by atoms with E-state index < -0.39 is 10.2 Å². The van der Waals surface area contributed by atoms with Crippen molar-refractivity contribution in [3.63, 3.8) is 0 Å². The van der Waals surface area contributed by atoms with Crippen LogP contribution in [0.4, 0.5) is 0 Å². The Morgan fingerprint density at radius 2 is 2.00 bits per heavy atom. The van der Waals surface area contributed by atoms with Crippen LogP contribution in [-0.4, -0.2) is 34.7 Å². The lowest BCUT2D eigenvalue weighted by Crippen LogP contribution is -2.39. The Hall–Kier alpha value is -0.430. The summed E-state index contributed by atoms with van der Waals surface area (Å²) in [5.41, 5.74) is 0.917. The highest BCUT2D eigenvalue weighted by Crippen LogP contribution is 1.89. The van der Waals surface area contributed by atoms with Gasteiger partial charge in [-0.05, 0) is 12.8 Å². The monoisotopic (exact) mass is 250 g/mol. The average Bonchev–Trinajstić information content (AvgIpc) is 2.14. The number of hydrogen-bond acceptors (Lipinski definition) is 3. The van der Waals surface area contributed by atoms with Gasteiger partial charge in [0.1, 0.15) is 0 Å². The number of ether oxygens (including phenoxy) is 1. The molecule has 5 nitrogen and oxygen atoms in total. The van der Waals surface area contributed by atoms with Gasteiger partial charge in [0.2, 0.25) is 0 Å². The first-order chi connectivity index (χ1) is 7.33. The molecule has 16 heavy (non-hydrogen) atoms. The Morgan fingerprint density at radius 3 is 2.50 bits per heavy atom. The zero-order valence-electron chi connectivity index (χ0n) is 10.2. The Balaban J connectivity index is 3.62. The number of nitrogens with one attached hydrogen (secondary N) is 2. The summed E-state index contributed by atoms with van der Waals surface area (Å²) >= 11 is 0. The van der Waals surface area contributed by atoms with E-state index >= 15 is 0 Å². The van der Waals surface area contributed by atoms with Crippen molar-refractivity contribution in [2.24, 2.45) is 5.92 Å². The van der Waals surface area contributed by atoms with Crippen molar-refractivity contribution in [2.75, 3.05) is 26.3 Å². The Kier molecular flexibility index (Phi) is 7.57. The fourth-order valence-electron chi connectivity index (χ4n) is 0.822. The van der Waals surface area contributed by atoms with E-state index in [4.69, 9.17) is 4.74 Å². The van der Waals surface area contributed by atoms with Gasteiger partial charge in [-0.25, -0.2) is 4.72 Å². The lowest BCUT2D eigenvalue weighted by atomic mass is 10.2. The second-order valence-corrected chi connectivity index (χ2v) is 5.73. The summed E-state index contributed by atoms with van der Waals surface area (Å²) in [4.78, 5) is 0. The van der Waals surface area contributed by atoms with Gasteiger partial charge < -0.3 is 4.74 Å². The first-order valence-electron chi connectivity index (χ1n) is 5.30. The summed E-state index contributed by atoms with van der Waals surface area (Å²) < 4.78 is 32.7. The van der Waals surface area contributed by atoms with Crippen LogP contribution >= 0.6 is 0 Å². The second-order valence-electron chi connectivity index (χ2n) is 4.15. The van der Waals surface area contributed by atoms with Gasteiger partial charge in [0.15, 0.2) is 0 Å². The Labute approximate surface area is 98.4 Å². The van der Waals surface area contributed by atoms with Crippen molar-refractivity contribution in [2.45, 2.75) is 20.8 Å². The van der Waals surface area contributed by atoms with Crippen molar-refractivity contribution in [1.82, 2.24) is 9.44 Å². The van der Waals surface area contributed by atoms with Gasteiger partial charge in [-0.3, -0.25) is 0 Å². The molecule has 0 aliphatic rings. The van der Waals surface area contributed by atoms with Gasteiger partial charge in [-0.15, -0.1) is 0 Å². The molecule has 0 atom stereocenters. The van der Waals surface area contributed by atoms with Crippen LogP contribution in [-0.2, 0) is 14.9 Å². The molecule has 0 aliphatic heterocycles. The third-order valence-electron chi connectivity index (χ3n) is 1.57. The molecule has 0 aromatic carbocycles. The number of hydrogen-bond donors (Lipinski definition) is 2. The van der Waals surface area contributed by atoms with Crippen LogP contribution in [0.5, 0.6) is 0 Å². The molecule has 0 aromatic rings. The molecule has 0 spiro atoms. The van der Waals surface area contributed by atoms with E-state index in [9.17, 15) is 8.42 Å². The van der Waals surface area contributed by atoms with Gasteiger partial charge in [-0.1, -0.05) is 26.0 Å². The summed E-state index contributed by atoms with van der Waals surface area (Å²) in [6, 6.07) is 0. The van der Waals surface area contributed by atoms with Crippen LogP contribution in [0.2, 0.25) is 0 Å². The van der Waals surface area contributed by atoms with Crippen LogP contribution in [0.25, 0.3) is 0 Å². The van der Waals surface area contributed by atoms with Gasteiger partial charge in [0, 0.05) is 13.1 Å². The molecular formula is C10H22N2O3S. The smallest absolute Gasteiger partial charge is 0.276 e. The van der Waals surface area contributed by atoms with Crippen LogP contribution in [0, 0.1) is 5.92 Å². The SMILES string of the molecule is C=C(C)COCCNS(=O)(=O)NCC(C)C. The van der Waals surface area contributed by atoms with Crippen LogP contribution < -0.4 is 9.44 Å². The molecule has 0 rings (SSSR count). The number of rotatable bonds is 9. The van der Waals surface area contributed by atoms with Crippen molar-refractivity contribution in [3.05, 3.63) is 12.2 Å². The van der Waals surface area contributed by atoms with Crippen LogP contribution in [0.15, 0.2) is 12.2 Å². The van der Waals surface area contributed by atoms with E-state index in [0.717, 1.165) is 5.57 Å². The first-order valence-corrected chi connectivity index (χ1v) is 6.78. The van der Waals surface area contributed by atoms with E-state index in [2.05, 4.69) is 16.0 Å². The zero-order chi connectivity index (χ0) is 12.6. The minimum absolute atomic E-state index is 0.265. The summed E-state index contributed by atoms with van der Waals surface area (Å²) in [7, 11) is -3.38. The van der Waals surface area contributed by atoms with E-state index in [-0.39, 0.29) is 12.5 Å². The zero-order valence-corrected chi connectivity index (χ0v) is 11.1. The molecule has 2 N–H and O–H groups in total. The van der Waals surface area contributed by atoms with E-state index in [0.29, 0.717) is 19.8 Å². The highest BCUT2D eigenvalue weighted by atomic mass is 32.2. The van der Waals surface area contributed by atoms with Gasteiger partial charge in [-0.2, -0.15) is 13.1 Å². The summed E-state index contributed by atoms with van der Waals surface area (Å²) in [6.07, 6.45) is 0. The Morgan fingerprint density at radius 1 is 1.38 bits per heavy atom. The van der Waals surface area contributed by atoms with Gasteiger partial charge in [0.25, 0.3) is 10.2 Å². The van der Waals surface area contributed by atoms with Crippen molar-refractivity contribution < 1.29 is 13.2 Å². The quantitative estimate of drug-likeness (QED) is 0.466. The molecular weight excluding hydrogens is 228 g/mol.